The van der Waals surface area contributed by atoms with E-state index in [2.05, 4.69) is 4.90 Å². The zero-order chi connectivity index (χ0) is 15.3. The van der Waals surface area contributed by atoms with Crippen molar-refractivity contribution in [3.63, 3.8) is 0 Å². The highest BCUT2D eigenvalue weighted by Crippen LogP contribution is 2.12. The average Bonchev–Trinajstić information content (AvgIpc) is 2.33. The van der Waals surface area contributed by atoms with E-state index in [1.54, 1.807) is 18.7 Å². The van der Waals surface area contributed by atoms with Crippen LogP contribution in [0.15, 0.2) is 24.3 Å². The third kappa shape index (κ3) is 5.31. The number of hydrogen-bond acceptors (Lipinski definition) is 3. The summed E-state index contributed by atoms with van der Waals surface area (Å²) in [5.41, 5.74) is 0.906. The van der Waals surface area contributed by atoms with Crippen molar-refractivity contribution >= 4 is 5.91 Å². The van der Waals surface area contributed by atoms with Crippen molar-refractivity contribution in [2.24, 2.45) is 0 Å². The van der Waals surface area contributed by atoms with Gasteiger partial charge in [-0.25, -0.2) is 0 Å². The number of likely N-dealkylation sites (N-methyl/N-ethyl adjacent to an activating group) is 1. The van der Waals surface area contributed by atoms with E-state index in [1.165, 1.54) is 0 Å². The Kier molecular flexibility index (Phi) is 5.72. The minimum Gasteiger partial charge on any atom is -0.389 e. The lowest BCUT2D eigenvalue weighted by Crippen LogP contribution is -2.42. The van der Waals surface area contributed by atoms with E-state index >= 15 is 0 Å². The number of benzene rings is 1. The number of amides is 1. The second kappa shape index (κ2) is 6.86. The van der Waals surface area contributed by atoms with Crippen LogP contribution in [0.5, 0.6) is 0 Å². The summed E-state index contributed by atoms with van der Waals surface area (Å²) in [6.07, 6.45) is 0. The molecule has 1 rings (SSSR count). The van der Waals surface area contributed by atoms with Gasteiger partial charge in [0.15, 0.2) is 0 Å². The Labute approximate surface area is 122 Å². The molecule has 0 saturated carbocycles. The van der Waals surface area contributed by atoms with Gasteiger partial charge in [-0.05, 0) is 52.6 Å². The molecule has 0 bridgehead atoms. The molecule has 0 heterocycles. The molecule has 0 aromatic heterocycles. The van der Waals surface area contributed by atoms with Crippen LogP contribution >= 0.6 is 0 Å². The number of rotatable bonds is 6. The number of nitrogens with zero attached hydrogens (tertiary/aromatic N) is 2. The fraction of sp³-hybridized carbons (Fsp3) is 0.562. The van der Waals surface area contributed by atoms with Crippen molar-refractivity contribution in [1.29, 1.82) is 0 Å². The Balaban J connectivity index is 2.89. The lowest BCUT2D eigenvalue weighted by Gasteiger charge is -2.28. The zero-order valence-electron chi connectivity index (χ0n) is 13.2. The molecule has 4 heteroatoms. The lowest BCUT2D eigenvalue weighted by atomic mass is 10.1. The van der Waals surface area contributed by atoms with Crippen molar-refractivity contribution in [3.8, 4) is 0 Å². The molecule has 112 valence electrons. The highest BCUT2D eigenvalue weighted by atomic mass is 16.3. The quantitative estimate of drug-likeness (QED) is 0.865. The summed E-state index contributed by atoms with van der Waals surface area (Å²) < 4.78 is 0. The maximum absolute atomic E-state index is 12.5. The standard InChI is InChI=1S/C16H26N2O2/c1-6-18(12-16(2,3)20)15(19)14-9-7-8-13(10-14)11-17(4)5/h7-10,20H,6,11-12H2,1-5H3. The predicted molar refractivity (Wildman–Crippen MR) is 81.7 cm³/mol. The number of carbonyl (C=O) groups is 1. The summed E-state index contributed by atoms with van der Waals surface area (Å²) in [5, 5.41) is 9.89. The van der Waals surface area contributed by atoms with Crippen LogP contribution in [-0.2, 0) is 6.54 Å². The molecule has 1 N–H and O–H groups in total. The normalized spacial score (nSPS) is 11.8. The van der Waals surface area contributed by atoms with Crippen LogP contribution in [0, 0.1) is 0 Å². The van der Waals surface area contributed by atoms with E-state index < -0.39 is 5.60 Å². The first-order chi connectivity index (χ1) is 9.23. The van der Waals surface area contributed by atoms with Crippen molar-refractivity contribution in [1.82, 2.24) is 9.80 Å². The molecule has 0 aliphatic heterocycles. The van der Waals surface area contributed by atoms with Gasteiger partial charge in [0.25, 0.3) is 5.91 Å². The van der Waals surface area contributed by atoms with Crippen LogP contribution in [0.4, 0.5) is 0 Å². The number of carbonyl (C=O) groups excluding carboxylic acids is 1. The van der Waals surface area contributed by atoms with Crippen molar-refractivity contribution in [2.75, 3.05) is 27.2 Å². The van der Waals surface area contributed by atoms with Gasteiger partial charge in [0.2, 0.25) is 0 Å². The topological polar surface area (TPSA) is 43.8 Å². The first kappa shape index (κ1) is 16.7. The third-order valence-electron chi connectivity index (χ3n) is 2.92. The van der Waals surface area contributed by atoms with E-state index in [9.17, 15) is 9.90 Å². The molecule has 0 radical (unpaired) electrons. The van der Waals surface area contributed by atoms with Gasteiger partial charge in [0.05, 0.1) is 5.60 Å². The smallest absolute Gasteiger partial charge is 0.253 e. The van der Waals surface area contributed by atoms with Crippen molar-refractivity contribution < 1.29 is 9.90 Å². The van der Waals surface area contributed by atoms with Gasteiger partial charge in [-0.3, -0.25) is 4.79 Å². The molecule has 1 aromatic rings. The maximum atomic E-state index is 12.5. The SMILES string of the molecule is CCN(CC(C)(C)O)C(=O)c1cccc(CN(C)C)c1. The van der Waals surface area contributed by atoms with Gasteiger partial charge in [0, 0.05) is 25.2 Å². The van der Waals surface area contributed by atoms with Crippen LogP contribution in [-0.4, -0.2) is 53.6 Å². The fourth-order valence-electron chi connectivity index (χ4n) is 2.14. The summed E-state index contributed by atoms with van der Waals surface area (Å²) >= 11 is 0. The molecular formula is C16H26N2O2. The number of aliphatic hydroxyl groups is 1. The first-order valence-corrected chi connectivity index (χ1v) is 6.98. The van der Waals surface area contributed by atoms with Gasteiger partial charge in [-0.1, -0.05) is 12.1 Å². The summed E-state index contributed by atoms with van der Waals surface area (Å²) in [7, 11) is 4.00. The minimum absolute atomic E-state index is 0.0322. The van der Waals surface area contributed by atoms with Crippen molar-refractivity contribution in [2.45, 2.75) is 32.9 Å². The first-order valence-electron chi connectivity index (χ1n) is 6.98. The lowest BCUT2D eigenvalue weighted by molar-refractivity contribution is 0.0314. The van der Waals surface area contributed by atoms with Gasteiger partial charge >= 0.3 is 0 Å². The fourth-order valence-corrected chi connectivity index (χ4v) is 2.14. The second-order valence-corrected chi connectivity index (χ2v) is 6.07. The van der Waals surface area contributed by atoms with Crippen LogP contribution in [0.2, 0.25) is 0 Å². The molecular weight excluding hydrogens is 252 g/mol. The highest BCUT2D eigenvalue weighted by molar-refractivity contribution is 5.94. The Morgan fingerprint density at radius 3 is 2.45 bits per heavy atom. The van der Waals surface area contributed by atoms with Gasteiger partial charge in [-0.15, -0.1) is 0 Å². The van der Waals surface area contributed by atoms with Gasteiger partial charge in [0.1, 0.15) is 0 Å². The molecule has 1 aromatic carbocycles. The molecule has 0 fully saturated rings. The summed E-state index contributed by atoms with van der Waals surface area (Å²) in [6, 6.07) is 7.68. The van der Waals surface area contributed by atoms with E-state index in [4.69, 9.17) is 0 Å². The molecule has 0 saturated heterocycles. The molecule has 0 unspecified atom stereocenters. The molecule has 1 amide bonds. The molecule has 0 aliphatic rings. The summed E-state index contributed by atoms with van der Waals surface area (Å²) in [5.74, 6) is -0.0322. The predicted octanol–water partition coefficient (Wildman–Crippen LogP) is 1.98. The largest absolute Gasteiger partial charge is 0.389 e. The monoisotopic (exact) mass is 278 g/mol. The Morgan fingerprint density at radius 1 is 1.30 bits per heavy atom. The molecule has 0 atom stereocenters. The van der Waals surface area contributed by atoms with E-state index in [-0.39, 0.29) is 5.91 Å². The van der Waals surface area contributed by atoms with Crippen LogP contribution in [0.25, 0.3) is 0 Å². The average molecular weight is 278 g/mol. The Morgan fingerprint density at radius 2 is 1.95 bits per heavy atom. The molecule has 0 spiro atoms. The van der Waals surface area contributed by atoms with E-state index in [0.717, 1.165) is 12.1 Å². The highest BCUT2D eigenvalue weighted by Gasteiger charge is 2.22. The van der Waals surface area contributed by atoms with Crippen LogP contribution in [0.1, 0.15) is 36.7 Å². The number of hydrogen-bond donors (Lipinski definition) is 1. The van der Waals surface area contributed by atoms with Crippen molar-refractivity contribution in [3.05, 3.63) is 35.4 Å². The summed E-state index contributed by atoms with van der Waals surface area (Å²) in [6.45, 7) is 7.07. The van der Waals surface area contributed by atoms with Gasteiger partial charge in [-0.2, -0.15) is 0 Å². The molecule has 0 aliphatic carbocycles. The Bertz CT molecular complexity index is 450. The Hall–Kier alpha value is -1.39. The van der Waals surface area contributed by atoms with E-state index in [0.29, 0.717) is 18.7 Å². The van der Waals surface area contributed by atoms with Gasteiger partial charge < -0.3 is 14.9 Å². The minimum atomic E-state index is -0.882. The van der Waals surface area contributed by atoms with Crippen LogP contribution < -0.4 is 0 Å². The second-order valence-electron chi connectivity index (χ2n) is 6.07. The third-order valence-corrected chi connectivity index (χ3v) is 2.92. The van der Waals surface area contributed by atoms with Crippen LogP contribution in [0.3, 0.4) is 0 Å². The zero-order valence-corrected chi connectivity index (χ0v) is 13.2. The molecule has 4 nitrogen and oxygen atoms in total. The maximum Gasteiger partial charge on any atom is 0.253 e. The van der Waals surface area contributed by atoms with E-state index in [1.807, 2.05) is 45.3 Å². The summed E-state index contributed by atoms with van der Waals surface area (Å²) in [4.78, 5) is 16.2. The molecule has 20 heavy (non-hydrogen) atoms.